The number of hydrogen-bond donors (Lipinski definition) is 0. The van der Waals surface area contributed by atoms with Crippen LogP contribution in [0.15, 0.2) is 36.4 Å². The van der Waals surface area contributed by atoms with Gasteiger partial charge in [-0.15, -0.1) is 10.2 Å². The van der Waals surface area contributed by atoms with Crippen molar-refractivity contribution in [2.75, 3.05) is 25.1 Å². The van der Waals surface area contributed by atoms with Crippen molar-refractivity contribution < 1.29 is 14.3 Å². The molecule has 2 aromatic rings. The lowest BCUT2D eigenvalue weighted by atomic mass is 10.0. The van der Waals surface area contributed by atoms with Crippen LogP contribution < -0.4 is 4.90 Å². The molecule has 0 radical (unpaired) electrons. The molecule has 1 heterocycles. The van der Waals surface area contributed by atoms with Gasteiger partial charge in [-0.05, 0) is 30.5 Å². The number of esters is 1. The van der Waals surface area contributed by atoms with E-state index >= 15 is 0 Å². The summed E-state index contributed by atoms with van der Waals surface area (Å²) in [6, 6.07) is 10.7. The summed E-state index contributed by atoms with van der Waals surface area (Å²) in [4.78, 5) is 25.6. The van der Waals surface area contributed by atoms with Gasteiger partial charge in [-0.2, -0.15) is 0 Å². The largest absolute Gasteiger partial charge is 0.456 e. The Kier molecular flexibility index (Phi) is 7.53. The Morgan fingerprint density at radius 3 is 2.46 bits per heavy atom. The molecule has 7 heteroatoms. The van der Waals surface area contributed by atoms with Crippen molar-refractivity contribution in [2.45, 2.75) is 26.2 Å². The lowest BCUT2D eigenvalue weighted by Gasteiger charge is -2.16. The number of aryl methyl sites for hydroxylation is 1. The lowest BCUT2D eigenvalue weighted by molar-refractivity contribution is -0.140. The summed E-state index contributed by atoms with van der Waals surface area (Å²) >= 11 is 5.68. The van der Waals surface area contributed by atoms with Gasteiger partial charge in [0, 0.05) is 12.6 Å². The molecule has 0 atom stereocenters. The van der Waals surface area contributed by atoms with E-state index < -0.39 is 5.97 Å². The fraction of sp³-hybridized carbons (Fsp3) is 0.368. The number of Topliss-reactive ketones (excluding diaryl/α,β-unsaturated/α-hetero) is 1. The maximum absolute atomic E-state index is 12.1. The highest BCUT2D eigenvalue weighted by Gasteiger charge is 2.13. The number of anilines is 1. The van der Waals surface area contributed by atoms with Crippen LogP contribution in [0.1, 0.15) is 35.7 Å². The number of carbonyl (C=O) groups excluding carboxylic acids is 2. The number of carbonyl (C=O) groups is 2. The van der Waals surface area contributed by atoms with Crippen LogP contribution in [0, 0.1) is 0 Å². The average Bonchev–Trinajstić information content (AvgIpc) is 2.65. The quantitative estimate of drug-likeness (QED) is 0.494. The van der Waals surface area contributed by atoms with E-state index in [9.17, 15) is 9.59 Å². The average molecular weight is 376 g/mol. The van der Waals surface area contributed by atoms with E-state index in [1.165, 1.54) is 5.56 Å². The molecular weight excluding hydrogens is 354 g/mol. The highest BCUT2D eigenvalue weighted by atomic mass is 35.5. The molecule has 1 aromatic heterocycles. The first-order valence-corrected chi connectivity index (χ1v) is 8.85. The number of nitrogens with zero attached hydrogens (tertiary/aromatic N) is 3. The summed E-state index contributed by atoms with van der Waals surface area (Å²) in [5.74, 6) is -0.258. The minimum Gasteiger partial charge on any atom is -0.456 e. The SMILES string of the molecule is CCCCc1ccc(C(=O)COC(=O)CN(C)c2ccc(Cl)nn2)cc1. The highest BCUT2D eigenvalue weighted by Crippen LogP contribution is 2.11. The van der Waals surface area contributed by atoms with Crippen molar-refractivity contribution >= 4 is 29.2 Å². The summed E-state index contributed by atoms with van der Waals surface area (Å²) in [5, 5.41) is 7.86. The Bertz CT molecular complexity index is 733. The van der Waals surface area contributed by atoms with E-state index in [0.29, 0.717) is 11.4 Å². The van der Waals surface area contributed by atoms with Crippen LogP contribution in [-0.2, 0) is 16.0 Å². The molecule has 0 aliphatic rings. The molecule has 0 saturated heterocycles. The van der Waals surface area contributed by atoms with Crippen LogP contribution in [0.25, 0.3) is 0 Å². The van der Waals surface area contributed by atoms with Gasteiger partial charge in [0.2, 0.25) is 0 Å². The second kappa shape index (κ2) is 9.87. The van der Waals surface area contributed by atoms with Crippen molar-refractivity contribution in [1.29, 1.82) is 0 Å². The van der Waals surface area contributed by atoms with Gasteiger partial charge < -0.3 is 9.64 Å². The van der Waals surface area contributed by atoms with E-state index in [4.69, 9.17) is 16.3 Å². The molecule has 6 nitrogen and oxygen atoms in total. The summed E-state index contributed by atoms with van der Waals surface area (Å²) in [6.45, 7) is 1.82. The molecule has 2 rings (SSSR count). The number of likely N-dealkylation sites (N-methyl/N-ethyl adjacent to an activating group) is 1. The number of hydrogen-bond acceptors (Lipinski definition) is 6. The third kappa shape index (κ3) is 6.11. The summed E-state index contributed by atoms with van der Waals surface area (Å²) in [6.07, 6.45) is 3.25. The summed E-state index contributed by atoms with van der Waals surface area (Å²) < 4.78 is 5.06. The van der Waals surface area contributed by atoms with Crippen molar-refractivity contribution in [1.82, 2.24) is 10.2 Å². The summed E-state index contributed by atoms with van der Waals surface area (Å²) in [5.41, 5.74) is 1.74. The first kappa shape index (κ1) is 19.8. The van der Waals surface area contributed by atoms with E-state index in [0.717, 1.165) is 19.3 Å². The van der Waals surface area contributed by atoms with Crippen LogP contribution in [0.2, 0.25) is 5.15 Å². The molecule has 0 amide bonds. The molecule has 0 N–H and O–H groups in total. The van der Waals surface area contributed by atoms with E-state index in [2.05, 4.69) is 17.1 Å². The fourth-order valence-electron chi connectivity index (χ4n) is 2.30. The van der Waals surface area contributed by atoms with Crippen molar-refractivity contribution in [3.05, 3.63) is 52.7 Å². The van der Waals surface area contributed by atoms with Crippen molar-refractivity contribution in [3.63, 3.8) is 0 Å². The van der Waals surface area contributed by atoms with Crippen LogP contribution in [0.4, 0.5) is 5.82 Å². The predicted octanol–water partition coefficient (Wildman–Crippen LogP) is 3.33. The van der Waals surface area contributed by atoms with Crippen molar-refractivity contribution in [3.8, 4) is 0 Å². The zero-order chi connectivity index (χ0) is 18.9. The summed E-state index contributed by atoms with van der Waals surface area (Å²) in [7, 11) is 1.68. The van der Waals surface area contributed by atoms with E-state index in [-0.39, 0.29) is 24.1 Å². The van der Waals surface area contributed by atoms with Gasteiger partial charge in [0.25, 0.3) is 0 Å². The normalized spacial score (nSPS) is 10.4. The molecule has 0 aliphatic carbocycles. The molecule has 0 aliphatic heterocycles. The van der Waals surface area contributed by atoms with Crippen LogP contribution in [-0.4, -0.2) is 42.1 Å². The zero-order valence-corrected chi connectivity index (χ0v) is 15.7. The Labute approximate surface area is 158 Å². The predicted molar refractivity (Wildman–Crippen MR) is 101 cm³/mol. The molecule has 0 saturated carbocycles. The van der Waals surface area contributed by atoms with Gasteiger partial charge in [-0.3, -0.25) is 9.59 Å². The molecular formula is C19H22ClN3O3. The van der Waals surface area contributed by atoms with Crippen LogP contribution in [0.3, 0.4) is 0 Å². The minimum absolute atomic E-state index is 0.0421. The third-order valence-corrected chi connectivity index (χ3v) is 4.04. The smallest absolute Gasteiger partial charge is 0.326 e. The van der Waals surface area contributed by atoms with E-state index in [1.54, 1.807) is 36.2 Å². The number of aromatic nitrogens is 2. The first-order valence-electron chi connectivity index (χ1n) is 8.47. The third-order valence-electron chi connectivity index (χ3n) is 3.83. The standard InChI is InChI=1S/C19H22ClN3O3/c1-3-4-5-14-6-8-15(9-7-14)16(24)13-26-19(25)12-23(2)18-11-10-17(20)21-22-18/h6-11H,3-5,12-13H2,1-2H3. The van der Waals surface area contributed by atoms with Gasteiger partial charge >= 0.3 is 5.97 Å². The number of unbranched alkanes of at least 4 members (excludes halogenated alkanes) is 1. The van der Waals surface area contributed by atoms with Gasteiger partial charge in [-0.25, -0.2) is 0 Å². The molecule has 138 valence electrons. The van der Waals surface area contributed by atoms with Crippen molar-refractivity contribution in [2.24, 2.45) is 0 Å². The lowest BCUT2D eigenvalue weighted by Crippen LogP contribution is -2.29. The number of ether oxygens (including phenoxy) is 1. The number of benzene rings is 1. The zero-order valence-electron chi connectivity index (χ0n) is 14.9. The molecule has 0 spiro atoms. The Morgan fingerprint density at radius 1 is 1.12 bits per heavy atom. The maximum atomic E-state index is 12.1. The molecule has 26 heavy (non-hydrogen) atoms. The topological polar surface area (TPSA) is 72.4 Å². The van der Waals surface area contributed by atoms with Gasteiger partial charge in [0.15, 0.2) is 23.4 Å². The molecule has 0 unspecified atom stereocenters. The van der Waals surface area contributed by atoms with Crippen LogP contribution >= 0.6 is 11.6 Å². The molecule has 0 bridgehead atoms. The Balaban J connectivity index is 1.80. The number of ketones is 1. The van der Waals surface area contributed by atoms with Gasteiger partial charge in [-0.1, -0.05) is 49.2 Å². The molecule has 1 aromatic carbocycles. The monoisotopic (exact) mass is 375 g/mol. The van der Waals surface area contributed by atoms with Gasteiger partial charge in [0.1, 0.15) is 6.54 Å². The highest BCUT2D eigenvalue weighted by molar-refractivity contribution is 6.29. The first-order chi connectivity index (χ1) is 12.5. The maximum Gasteiger partial charge on any atom is 0.326 e. The second-order valence-corrected chi connectivity index (χ2v) is 6.34. The Morgan fingerprint density at radius 2 is 1.85 bits per heavy atom. The molecule has 0 fully saturated rings. The van der Waals surface area contributed by atoms with Gasteiger partial charge in [0.05, 0.1) is 0 Å². The number of halogens is 1. The second-order valence-electron chi connectivity index (χ2n) is 5.95. The minimum atomic E-state index is -0.517. The Hall–Kier alpha value is -2.47. The number of rotatable bonds is 9. The van der Waals surface area contributed by atoms with E-state index in [1.807, 2.05) is 12.1 Å². The van der Waals surface area contributed by atoms with Crippen LogP contribution in [0.5, 0.6) is 0 Å². The fourth-order valence-corrected chi connectivity index (χ4v) is 2.40.